The maximum absolute atomic E-state index is 12.5. The predicted octanol–water partition coefficient (Wildman–Crippen LogP) is 3.10. The summed E-state index contributed by atoms with van der Waals surface area (Å²) in [7, 11) is 0. The summed E-state index contributed by atoms with van der Waals surface area (Å²) in [6, 6.07) is 8.49. The van der Waals surface area contributed by atoms with Crippen molar-refractivity contribution in [1.82, 2.24) is 10.2 Å². The Balaban J connectivity index is 2.21. The van der Waals surface area contributed by atoms with E-state index in [2.05, 4.69) is 36.2 Å². The minimum Gasteiger partial charge on any atom is -0.494 e. The van der Waals surface area contributed by atoms with Crippen LogP contribution >= 0.6 is 0 Å². The fourth-order valence-corrected chi connectivity index (χ4v) is 3.82. The Hall–Kier alpha value is -1.95. The van der Waals surface area contributed by atoms with Crippen molar-refractivity contribution in [3.05, 3.63) is 24.3 Å². The topological polar surface area (TPSA) is 65.0 Å². The lowest BCUT2D eigenvalue weighted by atomic mass is 10.0. The minimum atomic E-state index is -0.0721. The number of aliphatic hydroxyl groups excluding tert-OH is 1. The highest BCUT2D eigenvalue weighted by Gasteiger charge is 2.31. The molecule has 2 unspecified atom stereocenters. The number of hydrogen-bond donors (Lipinski definition) is 2. The Morgan fingerprint density at radius 2 is 1.93 bits per heavy atom. The average molecular weight is 378 g/mol. The van der Waals surface area contributed by atoms with E-state index in [4.69, 9.17) is 9.84 Å². The lowest BCUT2D eigenvalue weighted by Crippen LogP contribution is -2.47. The van der Waals surface area contributed by atoms with Crippen molar-refractivity contribution in [3.63, 3.8) is 0 Å². The summed E-state index contributed by atoms with van der Waals surface area (Å²) in [5.41, 5.74) is 1.18. The molecule has 2 N–H and O–H groups in total. The van der Waals surface area contributed by atoms with E-state index in [1.54, 1.807) is 0 Å². The smallest absolute Gasteiger partial charge is 0.317 e. The highest BCUT2D eigenvalue weighted by Crippen LogP contribution is 2.27. The zero-order valence-corrected chi connectivity index (χ0v) is 17.0. The van der Waals surface area contributed by atoms with Gasteiger partial charge in [0.15, 0.2) is 0 Å². The fraction of sp³-hybridized carbons (Fsp3) is 0.667. The molecule has 0 radical (unpaired) electrons. The van der Waals surface area contributed by atoms with Gasteiger partial charge in [0.2, 0.25) is 0 Å². The zero-order chi connectivity index (χ0) is 19.6. The number of anilines is 1. The van der Waals surface area contributed by atoms with Crippen molar-refractivity contribution in [1.29, 1.82) is 0 Å². The van der Waals surface area contributed by atoms with Gasteiger partial charge in [0.25, 0.3) is 0 Å². The molecular formula is C21H35N3O3. The van der Waals surface area contributed by atoms with Crippen LogP contribution in [0.3, 0.4) is 0 Å². The lowest BCUT2D eigenvalue weighted by molar-refractivity contribution is 0.185. The van der Waals surface area contributed by atoms with Crippen LogP contribution in [0, 0.1) is 5.92 Å². The SMILES string of the molecule is CCCC1CN(C(=O)NCCO)CC(CC)N(c2ccc(OCC)cc2)C1. The van der Waals surface area contributed by atoms with Crippen LogP contribution in [-0.4, -0.2) is 61.5 Å². The molecule has 1 aromatic rings. The minimum absolute atomic E-state index is 0.0342. The Bertz CT molecular complexity index is 564. The first kappa shape index (κ1) is 21.4. The number of benzene rings is 1. The number of nitrogens with one attached hydrogen (secondary N) is 1. The molecule has 1 fully saturated rings. The molecule has 0 bridgehead atoms. The first-order valence-corrected chi connectivity index (χ1v) is 10.3. The third kappa shape index (κ3) is 6.03. The second kappa shape index (κ2) is 11.0. The van der Waals surface area contributed by atoms with Gasteiger partial charge in [-0.15, -0.1) is 0 Å². The monoisotopic (exact) mass is 377 g/mol. The molecule has 1 heterocycles. The van der Waals surface area contributed by atoms with Crippen LogP contribution in [0.5, 0.6) is 5.75 Å². The summed E-state index contributed by atoms with van der Waals surface area (Å²) in [5, 5.41) is 11.8. The van der Waals surface area contributed by atoms with Gasteiger partial charge in [-0.2, -0.15) is 0 Å². The Morgan fingerprint density at radius 3 is 2.52 bits per heavy atom. The van der Waals surface area contributed by atoms with Crippen LogP contribution in [0.1, 0.15) is 40.0 Å². The summed E-state index contributed by atoms with van der Waals surface area (Å²) in [6.45, 7) is 9.69. The first-order valence-electron chi connectivity index (χ1n) is 10.3. The molecule has 0 aromatic heterocycles. The van der Waals surface area contributed by atoms with E-state index >= 15 is 0 Å². The van der Waals surface area contributed by atoms with Crippen LogP contribution in [0.15, 0.2) is 24.3 Å². The lowest BCUT2D eigenvalue weighted by Gasteiger charge is -2.33. The second-order valence-corrected chi connectivity index (χ2v) is 7.16. The highest BCUT2D eigenvalue weighted by molar-refractivity contribution is 5.74. The van der Waals surface area contributed by atoms with Crippen LogP contribution < -0.4 is 15.0 Å². The molecule has 6 nitrogen and oxygen atoms in total. The fourth-order valence-electron chi connectivity index (χ4n) is 3.82. The molecule has 0 aliphatic carbocycles. The third-order valence-corrected chi connectivity index (χ3v) is 5.13. The number of ether oxygens (including phenoxy) is 1. The largest absolute Gasteiger partial charge is 0.494 e. The van der Waals surface area contributed by atoms with Gasteiger partial charge in [-0.1, -0.05) is 20.3 Å². The number of urea groups is 1. The molecule has 1 aliphatic rings. The second-order valence-electron chi connectivity index (χ2n) is 7.16. The number of hydrogen-bond acceptors (Lipinski definition) is 4. The molecule has 1 aromatic carbocycles. The van der Waals surface area contributed by atoms with E-state index in [0.29, 0.717) is 25.6 Å². The van der Waals surface area contributed by atoms with Gasteiger partial charge in [-0.05, 0) is 49.9 Å². The molecule has 1 aliphatic heterocycles. The molecule has 27 heavy (non-hydrogen) atoms. The predicted molar refractivity (Wildman–Crippen MR) is 109 cm³/mol. The van der Waals surface area contributed by atoms with E-state index in [1.165, 1.54) is 5.69 Å². The van der Waals surface area contributed by atoms with E-state index < -0.39 is 0 Å². The van der Waals surface area contributed by atoms with E-state index in [9.17, 15) is 4.79 Å². The van der Waals surface area contributed by atoms with Crippen LogP contribution in [-0.2, 0) is 0 Å². The maximum atomic E-state index is 12.5. The van der Waals surface area contributed by atoms with Crippen molar-refractivity contribution in [2.24, 2.45) is 5.92 Å². The Morgan fingerprint density at radius 1 is 1.19 bits per heavy atom. The molecule has 2 amide bonds. The third-order valence-electron chi connectivity index (χ3n) is 5.13. The van der Waals surface area contributed by atoms with E-state index in [0.717, 1.165) is 38.1 Å². The van der Waals surface area contributed by atoms with Crippen molar-refractivity contribution < 1.29 is 14.6 Å². The van der Waals surface area contributed by atoms with Crippen LogP contribution in [0.25, 0.3) is 0 Å². The summed E-state index contributed by atoms with van der Waals surface area (Å²) in [4.78, 5) is 16.9. The van der Waals surface area contributed by atoms with Gasteiger partial charge in [0.1, 0.15) is 5.75 Å². The highest BCUT2D eigenvalue weighted by atomic mass is 16.5. The van der Waals surface area contributed by atoms with Crippen LogP contribution in [0.4, 0.5) is 10.5 Å². The van der Waals surface area contributed by atoms with Gasteiger partial charge in [-0.3, -0.25) is 0 Å². The van der Waals surface area contributed by atoms with Gasteiger partial charge in [0.05, 0.1) is 13.2 Å². The molecular weight excluding hydrogens is 342 g/mol. The number of carbonyl (C=O) groups excluding carboxylic acids is 1. The van der Waals surface area contributed by atoms with Crippen molar-refractivity contribution in [3.8, 4) is 5.75 Å². The molecule has 0 spiro atoms. The molecule has 2 atom stereocenters. The van der Waals surface area contributed by atoms with Crippen molar-refractivity contribution in [2.75, 3.05) is 44.3 Å². The van der Waals surface area contributed by atoms with Gasteiger partial charge >= 0.3 is 6.03 Å². The van der Waals surface area contributed by atoms with Gasteiger partial charge in [0, 0.05) is 37.9 Å². The van der Waals surface area contributed by atoms with Crippen LogP contribution in [0.2, 0.25) is 0 Å². The quantitative estimate of drug-likeness (QED) is 0.731. The van der Waals surface area contributed by atoms with Gasteiger partial charge < -0.3 is 25.0 Å². The summed E-state index contributed by atoms with van der Waals surface area (Å²) < 4.78 is 5.57. The number of rotatable bonds is 8. The zero-order valence-electron chi connectivity index (χ0n) is 17.0. The normalized spacial score (nSPS) is 20.3. The molecule has 0 saturated carbocycles. The number of nitrogens with zero attached hydrogens (tertiary/aromatic N) is 2. The summed E-state index contributed by atoms with van der Waals surface area (Å²) in [5.74, 6) is 1.32. The first-order chi connectivity index (χ1) is 13.1. The average Bonchev–Trinajstić information content (AvgIpc) is 2.87. The number of aliphatic hydroxyl groups is 1. The molecule has 1 saturated heterocycles. The molecule has 2 rings (SSSR count). The molecule has 6 heteroatoms. The van der Waals surface area contributed by atoms with Crippen molar-refractivity contribution in [2.45, 2.75) is 46.1 Å². The maximum Gasteiger partial charge on any atom is 0.317 e. The van der Waals surface area contributed by atoms with Gasteiger partial charge in [-0.25, -0.2) is 4.79 Å². The standard InChI is InChI=1S/C21H35N3O3/c1-4-7-17-14-23(21(26)22-12-13-25)16-18(5-2)24(15-17)19-8-10-20(11-9-19)27-6-3/h8-11,17-18,25H,4-7,12-16H2,1-3H3,(H,22,26). The molecule has 152 valence electrons. The van der Waals surface area contributed by atoms with E-state index in [-0.39, 0.29) is 18.7 Å². The number of amides is 2. The number of carbonyl (C=O) groups is 1. The summed E-state index contributed by atoms with van der Waals surface area (Å²) >= 11 is 0. The van der Waals surface area contributed by atoms with Crippen molar-refractivity contribution >= 4 is 11.7 Å². The van der Waals surface area contributed by atoms with E-state index in [1.807, 2.05) is 24.0 Å². The Labute approximate surface area is 163 Å². The summed E-state index contributed by atoms with van der Waals surface area (Å²) in [6.07, 6.45) is 3.16. The Kier molecular flexibility index (Phi) is 8.72.